The summed E-state index contributed by atoms with van der Waals surface area (Å²) in [6.07, 6.45) is 5.79. The SMILES string of the molecule is COc1cc(-c2ccc3ncc(C(=O)C4CC4)c(N(C)C4CCN(C)CC4)c3c2)cc(Cl)c1O. The second-order valence-electron chi connectivity index (χ2n) is 9.55. The summed E-state index contributed by atoms with van der Waals surface area (Å²) >= 11 is 6.27. The first kappa shape index (κ1) is 22.9. The standard InChI is InChI=1S/C27H30ClN3O3/c1-30-10-8-19(9-11-30)31(2)25-20-12-17(18-13-22(28)27(33)24(14-18)34-3)6-7-23(20)29-15-21(25)26(32)16-4-5-16/h6-7,12-16,19,33H,4-5,8-11H2,1-3H3. The average Bonchev–Trinajstić information content (AvgIpc) is 3.70. The smallest absolute Gasteiger partial charge is 0.176 e. The van der Waals surface area contributed by atoms with E-state index in [2.05, 4.69) is 34.9 Å². The van der Waals surface area contributed by atoms with Gasteiger partial charge < -0.3 is 19.6 Å². The van der Waals surface area contributed by atoms with Crippen LogP contribution in [0.5, 0.6) is 11.5 Å². The molecule has 2 aliphatic rings. The Morgan fingerprint density at radius 1 is 1.15 bits per heavy atom. The van der Waals surface area contributed by atoms with Crippen molar-refractivity contribution in [2.24, 2.45) is 5.92 Å². The van der Waals surface area contributed by atoms with E-state index in [1.165, 1.54) is 7.11 Å². The zero-order valence-corrected chi connectivity index (χ0v) is 20.6. The molecular weight excluding hydrogens is 450 g/mol. The molecule has 0 atom stereocenters. The summed E-state index contributed by atoms with van der Waals surface area (Å²) in [5.41, 5.74) is 4.28. The number of aromatic hydroxyl groups is 1. The van der Waals surface area contributed by atoms with Crippen LogP contribution in [0.15, 0.2) is 36.5 Å². The fourth-order valence-corrected chi connectivity index (χ4v) is 5.16. The van der Waals surface area contributed by atoms with Gasteiger partial charge in [-0.25, -0.2) is 0 Å². The van der Waals surface area contributed by atoms with E-state index in [0.29, 0.717) is 11.8 Å². The Morgan fingerprint density at radius 3 is 2.56 bits per heavy atom. The largest absolute Gasteiger partial charge is 0.503 e. The van der Waals surface area contributed by atoms with E-state index in [-0.39, 0.29) is 22.5 Å². The summed E-state index contributed by atoms with van der Waals surface area (Å²) < 4.78 is 5.31. The number of aromatic nitrogens is 1. The minimum Gasteiger partial charge on any atom is -0.503 e. The van der Waals surface area contributed by atoms with Crippen LogP contribution in [0.4, 0.5) is 5.69 Å². The minimum atomic E-state index is -0.0737. The van der Waals surface area contributed by atoms with Gasteiger partial charge in [-0.05, 0) is 81.2 Å². The van der Waals surface area contributed by atoms with E-state index in [1.54, 1.807) is 18.3 Å². The van der Waals surface area contributed by atoms with Crippen molar-refractivity contribution in [1.29, 1.82) is 0 Å². The monoisotopic (exact) mass is 479 g/mol. The van der Waals surface area contributed by atoms with E-state index in [1.807, 2.05) is 12.1 Å². The topological polar surface area (TPSA) is 65.9 Å². The van der Waals surface area contributed by atoms with Gasteiger partial charge in [0.1, 0.15) is 0 Å². The van der Waals surface area contributed by atoms with Crippen LogP contribution in [0.2, 0.25) is 5.02 Å². The molecule has 6 nitrogen and oxygen atoms in total. The third kappa shape index (κ3) is 4.21. The Bertz CT molecular complexity index is 1250. The number of benzene rings is 2. The number of pyridine rings is 1. The van der Waals surface area contributed by atoms with Crippen molar-refractivity contribution in [1.82, 2.24) is 9.88 Å². The fourth-order valence-electron chi connectivity index (χ4n) is 4.94. The summed E-state index contributed by atoms with van der Waals surface area (Å²) in [6.45, 7) is 2.09. The van der Waals surface area contributed by atoms with Gasteiger partial charge in [0.2, 0.25) is 0 Å². The van der Waals surface area contributed by atoms with Gasteiger partial charge in [-0.2, -0.15) is 0 Å². The highest BCUT2D eigenvalue weighted by atomic mass is 35.5. The van der Waals surface area contributed by atoms with Crippen LogP contribution >= 0.6 is 11.6 Å². The van der Waals surface area contributed by atoms with Crippen molar-refractivity contribution in [3.05, 3.63) is 47.1 Å². The molecule has 34 heavy (non-hydrogen) atoms. The first-order valence-corrected chi connectivity index (χ1v) is 12.2. The van der Waals surface area contributed by atoms with Crippen LogP contribution < -0.4 is 9.64 Å². The van der Waals surface area contributed by atoms with Crippen molar-refractivity contribution in [2.75, 3.05) is 39.2 Å². The highest BCUT2D eigenvalue weighted by Gasteiger charge is 2.34. The number of fused-ring (bicyclic) bond motifs is 1. The van der Waals surface area contributed by atoms with Crippen molar-refractivity contribution in [3.8, 4) is 22.6 Å². The van der Waals surface area contributed by atoms with Gasteiger partial charge in [-0.15, -0.1) is 0 Å². The highest BCUT2D eigenvalue weighted by Crippen LogP contribution is 2.42. The maximum atomic E-state index is 13.3. The third-order valence-corrected chi connectivity index (χ3v) is 7.51. The average molecular weight is 480 g/mol. The second kappa shape index (κ2) is 9.08. The van der Waals surface area contributed by atoms with Crippen molar-refractivity contribution >= 4 is 34.0 Å². The normalized spacial score (nSPS) is 17.2. The summed E-state index contributed by atoms with van der Waals surface area (Å²) in [5.74, 6) is 0.564. The number of phenols is 1. The Hall–Kier alpha value is -2.83. The molecule has 3 aromatic rings. The maximum Gasteiger partial charge on any atom is 0.176 e. The van der Waals surface area contributed by atoms with E-state index in [0.717, 1.165) is 72.1 Å². The van der Waals surface area contributed by atoms with E-state index >= 15 is 0 Å². The van der Waals surface area contributed by atoms with Gasteiger partial charge in [-0.1, -0.05) is 17.7 Å². The fraction of sp³-hybridized carbons (Fsp3) is 0.407. The van der Waals surface area contributed by atoms with Crippen LogP contribution in [0, 0.1) is 5.92 Å². The Balaban J connectivity index is 1.66. The first-order valence-electron chi connectivity index (χ1n) is 11.8. The van der Waals surface area contributed by atoms with E-state index in [4.69, 9.17) is 16.3 Å². The lowest BCUT2D eigenvalue weighted by molar-refractivity contribution is 0.0967. The van der Waals surface area contributed by atoms with Gasteiger partial charge in [0.25, 0.3) is 0 Å². The Kier molecular flexibility index (Phi) is 6.13. The summed E-state index contributed by atoms with van der Waals surface area (Å²) in [6, 6.07) is 9.91. The number of carbonyl (C=O) groups is 1. The van der Waals surface area contributed by atoms with E-state index in [9.17, 15) is 9.90 Å². The molecule has 1 saturated carbocycles. The molecule has 1 aliphatic heterocycles. The number of ketones is 1. The van der Waals surface area contributed by atoms with Gasteiger partial charge in [0.15, 0.2) is 17.3 Å². The number of anilines is 1. The van der Waals surface area contributed by atoms with Crippen molar-refractivity contribution < 1.29 is 14.6 Å². The minimum absolute atomic E-state index is 0.0737. The Morgan fingerprint density at radius 2 is 1.88 bits per heavy atom. The van der Waals surface area contributed by atoms with E-state index < -0.39 is 0 Å². The summed E-state index contributed by atoms with van der Waals surface area (Å²) in [5, 5.41) is 11.3. The van der Waals surface area contributed by atoms with Gasteiger partial charge in [0, 0.05) is 30.6 Å². The predicted octanol–water partition coefficient (Wildman–Crippen LogP) is 5.39. The van der Waals surface area contributed by atoms with Crippen LogP contribution in [-0.4, -0.2) is 61.1 Å². The first-order chi connectivity index (χ1) is 16.4. The molecule has 2 aromatic carbocycles. The number of nitrogens with zero attached hydrogens (tertiary/aromatic N) is 3. The number of piperidine rings is 1. The summed E-state index contributed by atoms with van der Waals surface area (Å²) in [7, 11) is 5.77. The molecule has 0 amide bonds. The molecule has 1 N–H and O–H groups in total. The van der Waals surface area contributed by atoms with Crippen LogP contribution in [0.1, 0.15) is 36.0 Å². The van der Waals surface area contributed by atoms with Crippen molar-refractivity contribution in [2.45, 2.75) is 31.7 Å². The molecule has 5 rings (SSSR count). The molecule has 0 radical (unpaired) electrons. The lowest BCUT2D eigenvalue weighted by atomic mass is 9.96. The molecule has 2 heterocycles. The number of hydrogen-bond acceptors (Lipinski definition) is 6. The highest BCUT2D eigenvalue weighted by molar-refractivity contribution is 6.32. The van der Waals surface area contributed by atoms with Gasteiger partial charge in [-0.3, -0.25) is 9.78 Å². The molecule has 0 spiro atoms. The number of halogens is 1. The predicted molar refractivity (Wildman–Crippen MR) is 136 cm³/mol. The lowest BCUT2D eigenvalue weighted by Crippen LogP contribution is -2.42. The molecule has 1 saturated heterocycles. The summed E-state index contributed by atoms with van der Waals surface area (Å²) in [4.78, 5) is 22.6. The van der Waals surface area contributed by atoms with Gasteiger partial charge >= 0.3 is 0 Å². The molecule has 0 bridgehead atoms. The number of rotatable bonds is 6. The third-order valence-electron chi connectivity index (χ3n) is 7.22. The van der Waals surface area contributed by atoms with Crippen LogP contribution in [0.25, 0.3) is 22.0 Å². The Labute approximate surface area is 205 Å². The molecular formula is C27H30ClN3O3. The zero-order valence-electron chi connectivity index (χ0n) is 19.8. The van der Waals surface area contributed by atoms with Gasteiger partial charge in [0.05, 0.1) is 28.9 Å². The second-order valence-corrected chi connectivity index (χ2v) is 9.95. The molecule has 178 valence electrons. The number of ether oxygens (including phenoxy) is 1. The lowest BCUT2D eigenvalue weighted by Gasteiger charge is -2.37. The quantitative estimate of drug-likeness (QED) is 0.478. The zero-order chi connectivity index (χ0) is 24.0. The molecule has 0 unspecified atom stereocenters. The molecule has 7 heteroatoms. The number of carbonyl (C=O) groups excluding carboxylic acids is 1. The molecule has 1 aromatic heterocycles. The number of likely N-dealkylation sites (tertiary alicyclic amines) is 1. The number of Topliss-reactive ketones (excluding diaryl/α,β-unsaturated/α-hetero) is 1. The number of hydrogen-bond donors (Lipinski definition) is 1. The maximum absolute atomic E-state index is 13.3. The molecule has 2 fully saturated rings. The number of methoxy groups -OCH3 is 1. The number of phenolic OH excluding ortho intramolecular Hbond substituents is 1. The van der Waals surface area contributed by atoms with Crippen molar-refractivity contribution in [3.63, 3.8) is 0 Å². The van der Waals surface area contributed by atoms with Crippen LogP contribution in [0.3, 0.4) is 0 Å². The molecule has 1 aliphatic carbocycles. The van der Waals surface area contributed by atoms with Crippen LogP contribution in [-0.2, 0) is 0 Å².